The Hall–Kier alpha value is 0.262. The summed E-state index contributed by atoms with van der Waals surface area (Å²) >= 11 is 0. The summed E-state index contributed by atoms with van der Waals surface area (Å²) in [6.45, 7) is 1.91. The molecule has 0 aromatic rings. The van der Waals surface area contributed by atoms with Crippen molar-refractivity contribution in [2.75, 3.05) is 0 Å². The van der Waals surface area contributed by atoms with Gasteiger partial charge in [0, 0.05) is 31.1 Å². The molecule has 58 valence electrons. The van der Waals surface area contributed by atoms with Crippen molar-refractivity contribution < 1.29 is 35.9 Å². The fourth-order valence-corrected chi connectivity index (χ4v) is 1.60. The van der Waals surface area contributed by atoms with Crippen LogP contribution >= 0.6 is 0 Å². The van der Waals surface area contributed by atoms with Crippen LogP contribution in [0.2, 0.25) is 0 Å². The number of amides is 1. The van der Waals surface area contributed by atoms with Gasteiger partial charge in [0.25, 0.3) is 0 Å². The SMILES string of the molecule is O=C1N[CH-]C2CCCC=C12.[U]. The van der Waals surface area contributed by atoms with Gasteiger partial charge in [-0.3, -0.25) is 4.79 Å². The first-order valence-corrected chi connectivity index (χ1v) is 3.72. The van der Waals surface area contributed by atoms with Crippen molar-refractivity contribution in [3.63, 3.8) is 0 Å². The first-order chi connectivity index (χ1) is 4.88. The number of nitrogens with one attached hydrogen (secondary N) is 1. The average molecular weight is 374 g/mol. The Morgan fingerprint density at radius 3 is 3.18 bits per heavy atom. The van der Waals surface area contributed by atoms with Crippen molar-refractivity contribution >= 4 is 5.91 Å². The van der Waals surface area contributed by atoms with Crippen LogP contribution in [0.5, 0.6) is 0 Å². The maximum atomic E-state index is 11.0. The van der Waals surface area contributed by atoms with Gasteiger partial charge in [0.05, 0.1) is 0 Å². The molecule has 11 heavy (non-hydrogen) atoms. The van der Waals surface area contributed by atoms with Crippen molar-refractivity contribution in [1.82, 2.24) is 5.32 Å². The molecule has 0 bridgehead atoms. The second kappa shape index (κ2) is 3.78. The van der Waals surface area contributed by atoms with Gasteiger partial charge in [-0.1, -0.05) is 18.9 Å². The molecular formula is C8H10NOU-. The molecule has 1 aliphatic heterocycles. The molecule has 0 saturated carbocycles. The van der Waals surface area contributed by atoms with E-state index in [1.54, 1.807) is 0 Å². The molecular weight excluding hydrogens is 364 g/mol. The maximum absolute atomic E-state index is 11.0. The van der Waals surface area contributed by atoms with E-state index in [1.165, 1.54) is 6.42 Å². The maximum Gasteiger partial charge on any atom is 0.215 e. The Labute approximate surface area is 90.2 Å². The quantitative estimate of drug-likeness (QED) is 0.630. The number of rotatable bonds is 0. The van der Waals surface area contributed by atoms with E-state index < -0.39 is 0 Å². The minimum atomic E-state index is 0. The summed E-state index contributed by atoms with van der Waals surface area (Å²) in [5.74, 6) is 0.533. The van der Waals surface area contributed by atoms with Crippen LogP contribution in [0, 0.1) is 43.6 Å². The van der Waals surface area contributed by atoms with Gasteiger partial charge in [0.1, 0.15) is 0 Å². The molecule has 0 spiro atoms. The van der Waals surface area contributed by atoms with Crippen molar-refractivity contribution in [2.24, 2.45) is 5.92 Å². The van der Waals surface area contributed by atoms with E-state index in [0.717, 1.165) is 18.4 Å². The van der Waals surface area contributed by atoms with Crippen molar-refractivity contribution in [3.8, 4) is 0 Å². The molecule has 1 unspecified atom stereocenters. The number of hydrogen-bond donors (Lipinski definition) is 1. The Balaban J connectivity index is 0.000000605. The smallest absolute Gasteiger partial charge is 0.215 e. The number of fused-ring (bicyclic) bond motifs is 1. The number of hydrogen-bond acceptors (Lipinski definition) is 1. The van der Waals surface area contributed by atoms with E-state index in [0.29, 0.717) is 5.92 Å². The standard InChI is InChI=1S/C8H10NO.U/c10-8-7-4-2-1-3-6(7)5-9-8;/h4-6H,1-3H2,(H,9,10);/q-1;. The minimum Gasteiger partial charge on any atom is -0.501 e. The Kier molecular flexibility index (Phi) is 3.21. The third-order valence-corrected chi connectivity index (χ3v) is 2.16. The van der Waals surface area contributed by atoms with Crippen molar-refractivity contribution in [1.29, 1.82) is 0 Å². The average Bonchev–Trinajstić information content (AvgIpc) is 2.34. The van der Waals surface area contributed by atoms with Gasteiger partial charge in [0.2, 0.25) is 5.91 Å². The van der Waals surface area contributed by atoms with Gasteiger partial charge < -0.3 is 5.32 Å². The van der Waals surface area contributed by atoms with Crippen LogP contribution in [0.3, 0.4) is 0 Å². The van der Waals surface area contributed by atoms with Crippen LogP contribution in [0.4, 0.5) is 0 Å². The van der Waals surface area contributed by atoms with E-state index in [4.69, 9.17) is 0 Å². The second-order valence-electron chi connectivity index (χ2n) is 2.84. The Morgan fingerprint density at radius 2 is 2.45 bits per heavy atom. The molecule has 0 aromatic carbocycles. The Morgan fingerprint density at radius 1 is 1.64 bits per heavy atom. The monoisotopic (exact) mass is 374 g/mol. The zero-order valence-electron chi connectivity index (χ0n) is 6.26. The molecule has 2 rings (SSSR count). The predicted molar refractivity (Wildman–Crippen MR) is 37.9 cm³/mol. The van der Waals surface area contributed by atoms with Crippen LogP contribution in [0.1, 0.15) is 19.3 Å². The molecule has 1 heterocycles. The summed E-state index contributed by atoms with van der Waals surface area (Å²) in [4.78, 5) is 11.0. The van der Waals surface area contributed by atoms with Gasteiger partial charge in [0.15, 0.2) is 0 Å². The van der Waals surface area contributed by atoms with E-state index in [2.05, 4.69) is 11.4 Å². The molecule has 1 saturated heterocycles. The summed E-state index contributed by atoms with van der Waals surface area (Å²) in [6.07, 6.45) is 5.50. The van der Waals surface area contributed by atoms with Crippen LogP contribution < -0.4 is 5.32 Å². The van der Waals surface area contributed by atoms with Gasteiger partial charge in [-0.25, -0.2) is 6.54 Å². The summed E-state index contributed by atoms with van der Waals surface area (Å²) in [5, 5.41) is 2.73. The number of carbonyl (C=O) groups excluding carboxylic acids is 1. The van der Waals surface area contributed by atoms with E-state index in [9.17, 15) is 4.79 Å². The molecule has 2 nitrogen and oxygen atoms in total. The largest absolute Gasteiger partial charge is 0.501 e. The van der Waals surface area contributed by atoms with Crippen LogP contribution in [-0.2, 0) is 4.79 Å². The van der Waals surface area contributed by atoms with E-state index in [-0.39, 0.29) is 37.0 Å². The van der Waals surface area contributed by atoms with Crippen LogP contribution in [-0.4, -0.2) is 5.91 Å². The first kappa shape index (κ1) is 9.35. The fraction of sp³-hybridized carbons (Fsp3) is 0.500. The van der Waals surface area contributed by atoms with E-state index >= 15 is 0 Å². The third-order valence-electron chi connectivity index (χ3n) is 2.16. The molecule has 1 aliphatic carbocycles. The van der Waals surface area contributed by atoms with Crippen LogP contribution in [0.15, 0.2) is 11.6 Å². The fourth-order valence-electron chi connectivity index (χ4n) is 1.60. The summed E-state index contributed by atoms with van der Waals surface area (Å²) in [5.41, 5.74) is 0.992. The normalized spacial score (nSPS) is 28.2. The Bertz CT molecular complexity index is 200. The minimum absolute atomic E-state index is 0. The topological polar surface area (TPSA) is 29.1 Å². The molecule has 1 amide bonds. The van der Waals surface area contributed by atoms with Crippen molar-refractivity contribution in [3.05, 3.63) is 18.2 Å². The predicted octanol–water partition coefficient (Wildman–Crippen LogP) is 1.00. The van der Waals surface area contributed by atoms with Gasteiger partial charge in [-0.15, -0.1) is 5.92 Å². The molecule has 1 fully saturated rings. The molecule has 3 heteroatoms. The second-order valence-corrected chi connectivity index (χ2v) is 2.84. The third kappa shape index (κ3) is 1.71. The molecule has 2 aliphatic rings. The first-order valence-electron chi connectivity index (χ1n) is 3.72. The van der Waals surface area contributed by atoms with Gasteiger partial charge >= 0.3 is 0 Å². The van der Waals surface area contributed by atoms with Gasteiger partial charge in [-0.05, 0) is 12.0 Å². The molecule has 0 radical (unpaired) electrons. The zero-order chi connectivity index (χ0) is 6.97. The summed E-state index contributed by atoms with van der Waals surface area (Å²) in [7, 11) is 0. The molecule has 1 atom stereocenters. The number of carbonyl (C=O) groups is 1. The van der Waals surface area contributed by atoms with E-state index in [1.807, 2.05) is 6.54 Å². The van der Waals surface area contributed by atoms with Crippen LogP contribution in [0.25, 0.3) is 0 Å². The number of allylic oxidation sites excluding steroid dienone is 1. The molecule has 0 aromatic heterocycles. The molecule has 1 N–H and O–H groups in total. The summed E-state index contributed by atoms with van der Waals surface area (Å²) in [6, 6.07) is 0. The summed E-state index contributed by atoms with van der Waals surface area (Å²) < 4.78 is 0. The van der Waals surface area contributed by atoms with Gasteiger partial charge in [-0.2, -0.15) is 0 Å². The zero-order valence-corrected chi connectivity index (χ0v) is 10.4. The van der Waals surface area contributed by atoms with Crippen molar-refractivity contribution in [2.45, 2.75) is 19.3 Å².